The summed E-state index contributed by atoms with van der Waals surface area (Å²) in [6, 6.07) is -0.0591. The van der Waals surface area contributed by atoms with Gasteiger partial charge in [0.15, 0.2) is 0 Å². The molecule has 1 rings (SSSR count). The number of rotatable bonds is 4. The number of hydrogen-bond donors (Lipinski definition) is 1. The van der Waals surface area contributed by atoms with E-state index >= 15 is 0 Å². The molecule has 1 heterocycles. The molecule has 1 fully saturated rings. The van der Waals surface area contributed by atoms with Gasteiger partial charge < -0.3 is 10.6 Å². The Kier molecular flexibility index (Phi) is 11.0. The molecule has 2 unspecified atom stereocenters. The largest absolute Gasteiger partial charge is 0.340 e. The fourth-order valence-electron chi connectivity index (χ4n) is 2.18. The smallest absolute Gasteiger partial charge is 0.227 e. The summed E-state index contributed by atoms with van der Waals surface area (Å²) in [5.74, 6) is 0.844. The number of nitrogens with two attached hydrogens (primary N) is 1. The van der Waals surface area contributed by atoms with Crippen molar-refractivity contribution in [3.05, 3.63) is 0 Å². The van der Waals surface area contributed by atoms with Crippen molar-refractivity contribution in [1.82, 2.24) is 9.80 Å². The predicted octanol–water partition coefficient (Wildman–Crippen LogP) is 1.61. The summed E-state index contributed by atoms with van der Waals surface area (Å²) >= 11 is 0. The van der Waals surface area contributed by atoms with Crippen LogP contribution in [0, 0.1) is 11.8 Å². The lowest BCUT2D eigenvalue weighted by Gasteiger charge is -2.37. The maximum absolute atomic E-state index is 12.1. The van der Waals surface area contributed by atoms with Gasteiger partial charge in [-0.15, -0.1) is 24.8 Å². The minimum Gasteiger partial charge on any atom is -0.340 e. The Labute approximate surface area is 129 Å². The summed E-state index contributed by atoms with van der Waals surface area (Å²) in [6.07, 6.45) is 0. The summed E-state index contributed by atoms with van der Waals surface area (Å²) < 4.78 is 0. The average molecular weight is 314 g/mol. The van der Waals surface area contributed by atoms with E-state index in [9.17, 15) is 4.79 Å². The molecule has 0 spiro atoms. The standard InChI is InChI=1S/C13H27N3O.2ClH/c1-10(2)9-15-5-7-16(8-6-15)13(17)11(3)12(4)14;;/h10-12H,5-9,14H2,1-4H3;2*1H. The van der Waals surface area contributed by atoms with E-state index in [2.05, 4.69) is 18.7 Å². The maximum atomic E-state index is 12.1. The first-order valence-corrected chi connectivity index (χ1v) is 6.68. The molecule has 0 aromatic rings. The van der Waals surface area contributed by atoms with Crippen molar-refractivity contribution in [2.45, 2.75) is 33.7 Å². The van der Waals surface area contributed by atoms with Gasteiger partial charge in [-0.2, -0.15) is 0 Å². The molecule has 19 heavy (non-hydrogen) atoms. The number of carbonyl (C=O) groups excluding carboxylic acids is 1. The van der Waals surface area contributed by atoms with Gasteiger partial charge in [-0.05, 0) is 12.8 Å². The van der Waals surface area contributed by atoms with Gasteiger partial charge in [0.2, 0.25) is 5.91 Å². The summed E-state index contributed by atoms with van der Waals surface area (Å²) in [5, 5.41) is 0. The third-order valence-corrected chi connectivity index (χ3v) is 3.49. The molecule has 0 bridgehead atoms. The molecule has 1 aliphatic rings. The van der Waals surface area contributed by atoms with E-state index < -0.39 is 0 Å². The van der Waals surface area contributed by atoms with Crippen LogP contribution in [0.25, 0.3) is 0 Å². The Bertz CT molecular complexity index is 254. The van der Waals surface area contributed by atoms with Crippen LogP contribution in [0.1, 0.15) is 27.7 Å². The molecule has 0 radical (unpaired) electrons. The number of carbonyl (C=O) groups is 1. The molecule has 4 nitrogen and oxygen atoms in total. The molecule has 116 valence electrons. The summed E-state index contributed by atoms with van der Waals surface area (Å²) in [5.41, 5.74) is 5.78. The van der Waals surface area contributed by atoms with E-state index in [-0.39, 0.29) is 42.7 Å². The quantitative estimate of drug-likeness (QED) is 0.858. The lowest BCUT2D eigenvalue weighted by molar-refractivity contribution is -0.137. The van der Waals surface area contributed by atoms with Crippen molar-refractivity contribution in [2.24, 2.45) is 17.6 Å². The van der Waals surface area contributed by atoms with Crippen molar-refractivity contribution in [3.8, 4) is 0 Å². The fraction of sp³-hybridized carbons (Fsp3) is 0.923. The zero-order valence-corrected chi connectivity index (χ0v) is 14.1. The molecule has 2 N–H and O–H groups in total. The molecular weight excluding hydrogens is 285 g/mol. The van der Waals surface area contributed by atoms with E-state index in [0.717, 1.165) is 32.7 Å². The first-order valence-electron chi connectivity index (χ1n) is 6.68. The van der Waals surface area contributed by atoms with Gasteiger partial charge in [0.1, 0.15) is 0 Å². The van der Waals surface area contributed by atoms with Crippen LogP contribution in [0.3, 0.4) is 0 Å². The molecule has 2 atom stereocenters. The highest BCUT2D eigenvalue weighted by molar-refractivity contribution is 5.85. The zero-order valence-electron chi connectivity index (χ0n) is 12.5. The molecule has 1 saturated heterocycles. The Morgan fingerprint density at radius 1 is 1.05 bits per heavy atom. The topological polar surface area (TPSA) is 49.6 Å². The van der Waals surface area contributed by atoms with E-state index in [0.29, 0.717) is 5.92 Å². The van der Waals surface area contributed by atoms with Gasteiger partial charge in [0.25, 0.3) is 0 Å². The second-order valence-corrected chi connectivity index (χ2v) is 5.67. The minimum absolute atomic E-state index is 0. The van der Waals surface area contributed by atoms with Gasteiger partial charge >= 0.3 is 0 Å². The van der Waals surface area contributed by atoms with Gasteiger partial charge in [-0.1, -0.05) is 20.8 Å². The molecule has 1 amide bonds. The SMILES string of the molecule is CC(C)CN1CCN(C(=O)C(C)C(C)N)CC1.Cl.Cl. The number of hydrogen-bond acceptors (Lipinski definition) is 3. The van der Waals surface area contributed by atoms with E-state index in [1.165, 1.54) is 0 Å². The Morgan fingerprint density at radius 3 is 1.89 bits per heavy atom. The Balaban J connectivity index is 0. The molecular formula is C13H29Cl2N3O. The third kappa shape index (κ3) is 6.80. The van der Waals surface area contributed by atoms with Crippen LogP contribution in [0.5, 0.6) is 0 Å². The van der Waals surface area contributed by atoms with Gasteiger partial charge in [0.05, 0.1) is 5.92 Å². The highest BCUT2D eigenvalue weighted by Gasteiger charge is 2.26. The predicted molar refractivity (Wildman–Crippen MR) is 85.2 cm³/mol. The molecule has 0 saturated carbocycles. The minimum atomic E-state index is -0.0633. The average Bonchev–Trinajstić information content (AvgIpc) is 2.27. The van der Waals surface area contributed by atoms with Crippen molar-refractivity contribution in [1.29, 1.82) is 0 Å². The fourth-order valence-corrected chi connectivity index (χ4v) is 2.18. The number of amides is 1. The van der Waals surface area contributed by atoms with Gasteiger partial charge in [0, 0.05) is 38.8 Å². The van der Waals surface area contributed by atoms with Crippen molar-refractivity contribution in [3.63, 3.8) is 0 Å². The lowest BCUT2D eigenvalue weighted by Crippen LogP contribution is -2.52. The highest BCUT2D eigenvalue weighted by Crippen LogP contribution is 2.10. The lowest BCUT2D eigenvalue weighted by atomic mass is 10.0. The van der Waals surface area contributed by atoms with Crippen LogP contribution in [0.4, 0.5) is 0 Å². The highest BCUT2D eigenvalue weighted by atomic mass is 35.5. The summed E-state index contributed by atoms with van der Waals surface area (Å²) in [7, 11) is 0. The van der Waals surface area contributed by atoms with E-state index in [1.54, 1.807) is 0 Å². The molecule has 0 aromatic heterocycles. The van der Waals surface area contributed by atoms with Crippen LogP contribution in [-0.4, -0.2) is 54.5 Å². The molecule has 0 aromatic carbocycles. The number of nitrogens with zero attached hydrogens (tertiary/aromatic N) is 2. The first kappa shape index (κ1) is 21.3. The number of halogens is 2. The molecule has 0 aliphatic carbocycles. The summed E-state index contributed by atoms with van der Waals surface area (Å²) in [6.45, 7) is 13.1. The van der Waals surface area contributed by atoms with Crippen LogP contribution >= 0.6 is 24.8 Å². The van der Waals surface area contributed by atoms with Gasteiger partial charge in [-0.3, -0.25) is 9.69 Å². The van der Waals surface area contributed by atoms with Gasteiger partial charge in [-0.25, -0.2) is 0 Å². The zero-order chi connectivity index (χ0) is 13.0. The van der Waals surface area contributed by atoms with Crippen molar-refractivity contribution >= 4 is 30.7 Å². The second kappa shape index (κ2) is 9.81. The normalized spacial score (nSPS) is 19.4. The Hall–Kier alpha value is -0.0300. The molecule has 6 heteroatoms. The van der Waals surface area contributed by atoms with Crippen molar-refractivity contribution < 1.29 is 4.79 Å². The van der Waals surface area contributed by atoms with Crippen LogP contribution in [0.2, 0.25) is 0 Å². The second-order valence-electron chi connectivity index (χ2n) is 5.67. The van der Waals surface area contributed by atoms with Crippen LogP contribution in [-0.2, 0) is 4.79 Å². The Morgan fingerprint density at radius 2 is 1.53 bits per heavy atom. The molecule has 1 aliphatic heterocycles. The monoisotopic (exact) mass is 313 g/mol. The third-order valence-electron chi connectivity index (χ3n) is 3.49. The van der Waals surface area contributed by atoms with Crippen molar-refractivity contribution in [2.75, 3.05) is 32.7 Å². The summed E-state index contributed by atoms with van der Waals surface area (Å²) in [4.78, 5) is 16.5. The maximum Gasteiger partial charge on any atom is 0.227 e. The van der Waals surface area contributed by atoms with Crippen LogP contribution < -0.4 is 5.73 Å². The number of piperazine rings is 1. The van der Waals surface area contributed by atoms with Crippen LogP contribution in [0.15, 0.2) is 0 Å². The van der Waals surface area contributed by atoms with E-state index in [1.807, 2.05) is 18.7 Å². The first-order chi connectivity index (χ1) is 7.91. The van der Waals surface area contributed by atoms with E-state index in [4.69, 9.17) is 5.73 Å².